The number of anilines is 2. The number of nitrogens with zero attached hydrogens (tertiary/aromatic N) is 3. The van der Waals surface area contributed by atoms with Crippen molar-refractivity contribution in [2.45, 2.75) is 37.3 Å². The summed E-state index contributed by atoms with van der Waals surface area (Å²) < 4.78 is 40.7. The van der Waals surface area contributed by atoms with Gasteiger partial charge in [-0.3, -0.25) is 34.3 Å². The number of aromatic nitrogens is 1. The van der Waals surface area contributed by atoms with Gasteiger partial charge in [-0.2, -0.15) is 18.2 Å². The van der Waals surface area contributed by atoms with E-state index in [0.717, 1.165) is 4.90 Å². The van der Waals surface area contributed by atoms with Crippen molar-refractivity contribution < 1.29 is 42.3 Å². The van der Waals surface area contributed by atoms with E-state index in [9.17, 15) is 37.5 Å². The van der Waals surface area contributed by atoms with Crippen molar-refractivity contribution in [2.24, 2.45) is 23.7 Å². The average Bonchev–Trinajstić information content (AvgIpc) is 3.59. The Morgan fingerprint density at radius 2 is 1.61 bits per heavy atom. The minimum Gasteiger partial charge on any atom is -0.507 e. The minimum absolute atomic E-state index is 0.102. The number of hydrazine groups is 1. The Bertz CT molecular complexity index is 2690. The number of phenols is 1. The molecule has 15 heteroatoms. The summed E-state index contributed by atoms with van der Waals surface area (Å²) in [6.07, 6.45) is -2.42. The van der Waals surface area contributed by atoms with E-state index in [1.165, 1.54) is 31.2 Å². The number of halogens is 5. The molecular weight excluding hydrogens is 808 g/mol. The van der Waals surface area contributed by atoms with Crippen molar-refractivity contribution in [1.29, 1.82) is 0 Å². The van der Waals surface area contributed by atoms with Gasteiger partial charge < -0.3 is 5.11 Å². The number of nitrogens with one attached hydrogen (secondary N) is 1. The molecule has 4 aromatic carbocycles. The first-order chi connectivity index (χ1) is 28.1. The number of fused-ring (bicyclic) bond motifs is 5. The standard InChI is InChI=1S/C44H31Cl2F3N4O6/c1-21(54)22-6-13-27(14-7-22)52-39(56)30-17-16-29-32(35(30)41(52)58)19-33-40(57)53(51-38-34(46)18-25(20-50-38)44(47,48)49)42(59)43(33,24-9-11-26(45)12-10-24)36(29)31-15-8-23-4-2-3-5-28(23)37(31)55/h2-16,18,20,30,32-33,35-36,55H,17,19H2,1H3,(H,50,51)/t30-,32+,33-,35-,36+,43+/m0/s1. The molecule has 6 atom stereocenters. The number of rotatable bonds is 6. The van der Waals surface area contributed by atoms with E-state index in [1.807, 2.05) is 12.1 Å². The fourth-order valence-corrected chi connectivity index (χ4v) is 10.1. The minimum atomic E-state index is -4.77. The molecule has 2 saturated heterocycles. The molecule has 1 saturated carbocycles. The second kappa shape index (κ2) is 13.8. The van der Waals surface area contributed by atoms with Crippen LogP contribution in [-0.2, 0) is 30.8 Å². The van der Waals surface area contributed by atoms with E-state index in [1.54, 1.807) is 54.6 Å². The van der Waals surface area contributed by atoms with E-state index >= 15 is 4.79 Å². The molecule has 2 aliphatic heterocycles. The number of alkyl halides is 3. The van der Waals surface area contributed by atoms with Crippen molar-refractivity contribution in [3.05, 3.63) is 141 Å². The Kier molecular flexibility index (Phi) is 8.98. The van der Waals surface area contributed by atoms with Gasteiger partial charge in [-0.25, -0.2) is 4.98 Å². The highest BCUT2D eigenvalue weighted by molar-refractivity contribution is 6.33. The van der Waals surface area contributed by atoms with Crippen LogP contribution in [0, 0.1) is 23.7 Å². The van der Waals surface area contributed by atoms with Crippen LogP contribution in [0.5, 0.6) is 5.75 Å². The summed E-state index contributed by atoms with van der Waals surface area (Å²) in [7, 11) is 0. The second-order valence-corrected chi connectivity index (χ2v) is 16.1. The lowest BCUT2D eigenvalue weighted by Crippen LogP contribution is -2.53. The third kappa shape index (κ3) is 5.76. The van der Waals surface area contributed by atoms with E-state index < -0.39 is 81.2 Å². The lowest BCUT2D eigenvalue weighted by atomic mass is 9.49. The number of benzene rings is 4. The first-order valence-electron chi connectivity index (χ1n) is 18.7. The number of pyridine rings is 1. The van der Waals surface area contributed by atoms with Crippen molar-refractivity contribution in [1.82, 2.24) is 9.99 Å². The van der Waals surface area contributed by atoms with Gasteiger partial charge in [-0.05, 0) is 79.1 Å². The van der Waals surface area contributed by atoms with Crippen molar-refractivity contribution in [3.8, 4) is 5.75 Å². The fourth-order valence-electron chi connectivity index (χ4n) is 9.73. The molecule has 0 radical (unpaired) electrons. The van der Waals surface area contributed by atoms with Crippen LogP contribution in [-0.4, -0.2) is 44.5 Å². The van der Waals surface area contributed by atoms with E-state index in [2.05, 4.69) is 10.4 Å². The molecule has 3 fully saturated rings. The number of hydrogen-bond acceptors (Lipinski definition) is 8. The van der Waals surface area contributed by atoms with Crippen LogP contribution in [0.15, 0.2) is 109 Å². The maximum absolute atomic E-state index is 15.5. The lowest BCUT2D eigenvalue weighted by molar-refractivity contribution is -0.139. The summed E-state index contributed by atoms with van der Waals surface area (Å²) >= 11 is 12.7. The highest BCUT2D eigenvalue weighted by Crippen LogP contribution is 2.65. The third-order valence-corrected chi connectivity index (χ3v) is 12.9. The van der Waals surface area contributed by atoms with E-state index in [4.69, 9.17) is 23.2 Å². The number of ketones is 1. The largest absolute Gasteiger partial charge is 0.507 e. The van der Waals surface area contributed by atoms with Gasteiger partial charge in [-0.1, -0.05) is 83.4 Å². The van der Waals surface area contributed by atoms with Gasteiger partial charge >= 0.3 is 6.18 Å². The molecule has 3 heterocycles. The Hall–Kier alpha value is -6.05. The molecule has 1 aromatic heterocycles. The zero-order chi connectivity index (χ0) is 41.7. The average molecular weight is 840 g/mol. The molecule has 9 rings (SSSR count). The maximum Gasteiger partial charge on any atom is 0.417 e. The number of imide groups is 2. The van der Waals surface area contributed by atoms with Gasteiger partial charge in [0.15, 0.2) is 11.6 Å². The van der Waals surface area contributed by atoms with Crippen LogP contribution in [0.25, 0.3) is 10.8 Å². The van der Waals surface area contributed by atoms with Crippen molar-refractivity contribution in [3.63, 3.8) is 0 Å². The predicted octanol–water partition coefficient (Wildman–Crippen LogP) is 8.66. The van der Waals surface area contributed by atoms with E-state index in [0.29, 0.717) is 49.8 Å². The summed E-state index contributed by atoms with van der Waals surface area (Å²) in [5, 5.41) is 13.9. The fraction of sp³-hybridized carbons (Fsp3) is 0.227. The Morgan fingerprint density at radius 1 is 0.898 bits per heavy atom. The van der Waals surface area contributed by atoms with Crippen LogP contribution < -0.4 is 10.3 Å². The summed E-state index contributed by atoms with van der Waals surface area (Å²) in [5.74, 6) is -8.29. The SMILES string of the molecule is CC(=O)c1ccc(N2C(=O)[C@H]3[C@H](CC=C4[C@H]3C[C@H]3C(=O)N(Nc5ncc(C(F)(F)F)cc5Cl)C(=O)[C@@]3(c3ccc(Cl)cc3)[C@H]4c3ccc4ccccc4c3O)C2=O)cc1. The van der Waals surface area contributed by atoms with Crippen LogP contribution in [0.3, 0.4) is 0 Å². The monoisotopic (exact) mass is 838 g/mol. The Labute approximate surface area is 344 Å². The van der Waals surface area contributed by atoms with Crippen LogP contribution in [0.4, 0.5) is 24.7 Å². The molecular formula is C44H31Cl2F3N4O6. The first-order valence-corrected chi connectivity index (χ1v) is 19.4. The highest BCUT2D eigenvalue weighted by Gasteiger charge is 2.71. The number of allylic oxidation sites excluding steroid dienone is 2. The highest BCUT2D eigenvalue weighted by atomic mass is 35.5. The smallest absolute Gasteiger partial charge is 0.417 e. The predicted molar refractivity (Wildman–Crippen MR) is 211 cm³/mol. The van der Waals surface area contributed by atoms with Gasteiger partial charge in [0.2, 0.25) is 11.8 Å². The molecule has 2 aliphatic carbocycles. The number of phenolic OH excluding ortho intramolecular Hbond substituents is 1. The maximum atomic E-state index is 15.5. The molecule has 0 spiro atoms. The lowest BCUT2D eigenvalue weighted by Gasteiger charge is -2.50. The van der Waals surface area contributed by atoms with Crippen LogP contribution >= 0.6 is 23.2 Å². The van der Waals surface area contributed by atoms with Gasteiger partial charge in [0, 0.05) is 33.7 Å². The van der Waals surface area contributed by atoms with Gasteiger partial charge in [0.05, 0.1) is 39.4 Å². The first kappa shape index (κ1) is 38.5. The third-order valence-electron chi connectivity index (χ3n) is 12.3. The quantitative estimate of drug-likeness (QED) is 0.0986. The molecule has 5 aromatic rings. The number of carbonyl (C=O) groups is 5. The molecule has 4 aliphatic rings. The summed E-state index contributed by atoms with van der Waals surface area (Å²) in [5.41, 5.74) is 1.49. The normalized spacial score (nSPS) is 25.2. The summed E-state index contributed by atoms with van der Waals surface area (Å²) in [6, 6.07) is 23.6. The number of amides is 4. The topological polar surface area (TPSA) is 137 Å². The zero-order valence-electron chi connectivity index (χ0n) is 30.8. The zero-order valence-corrected chi connectivity index (χ0v) is 32.3. The van der Waals surface area contributed by atoms with E-state index in [-0.39, 0.29) is 35.6 Å². The molecule has 59 heavy (non-hydrogen) atoms. The molecule has 298 valence electrons. The molecule has 4 amide bonds. The van der Waals surface area contributed by atoms with Crippen LogP contribution in [0.2, 0.25) is 10.0 Å². The van der Waals surface area contributed by atoms with Gasteiger partial charge in [0.1, 0.15) is 5.75 Å². The van der Waals surface area contributed by atoms with Gasteiger partial charge in [-0.15, -0.1) is 0 Å². The number of carbonyl (C=O) groups excluding carboxylic acids is 5. The Balaban J connectivity index is 1.24. The summed E-state index contributed by atoms with van der Waals surface area (Å²) in [4.78, 5) is 76.2. The number of Topliss-reactive ketones (excluding diaryl/α,β-unsaturated/α-hetero) is 1. The molecule has 10 nitrogen and oxygen atoms in total. The van der Waals surface area contributed by atoms with Crippen LogP contribution in [0.1, 0.15) is 52.7 Å². The summed E-state index contributed by atoms with van der Waals surface area (Å²) in [6.45, 7) is 1.40. The molecule has 0 bridgehead atoms. The Morgan fingerprint density at radius 3 is 2.29 bits per heavy atom. The van der Waals surface area contributed by atoms with Crippen molar-refractivity contribution >= 4 is 74.9 Å². The second-order valence-electron chi connectivity index (χ2n) is 15.3. The van der Waals surface area contributed by atoms with Gasteiger partial charge in [0.25, 0.3) is 11.8 Å². The molecule has 0 unspecified atom stereocenters. The molecule has 2 N–H and O–H groups in total. The number of hydrogen-bond donors (Lipinski definition) is 2. The van der Waals surface area contributed by atoms with Crippen molar-refractivity contribution in [2.75, 3.05) is 10.3 Å². The number of aromatic hydroxyl groups is 1.